The van der Waals surface area contributed by atoms with E-state index in [0.29, 0.717) is 12.5 Å². The van der Waals surface area contributed by atoms with Crippen molar-refractivity contribution in [3.05, 3.63) is 29.8 Å². The van der Waals surface area contributed by atoms with Crippen LogP contribution in [0.2, 0.25) is 0 Å². The van der Waals surface area contributed by atoms with Gasteiger partial charge in [-0.25, -0.2) is 0 Å². The van der Waals surface area contributed by atoms with Gasteiger partial charge in [-0.1, -0.05) is 38.8 Å². The van der Waals surface area contributed by atoms with Gasteiger partial charge in [0, 0.05) is 6.54 Å². The summed E-state index contributed by atoms with van der Waals surface area (Å²) in [4.78, 5) is 0. The molecule has 0 radical (unpaired) electrons. The number of hydrogen-bond donors (Lipinski definition) is 1. The summed E-state index contributed by atoms with van der Waals surface area (Å²) in [6.45, 7) is 5.81. The molecule has 1 aromatic rings. The van der Waals surface area contributed by atoms with E-state index in [-0.39, 0.29) is 5.75 Å². The Balaban J connectivity index is 2.28. The van der Waals surface area contributed by atoms with Crippen molar-refractivity contribution in [2.75, 3.05) is 6.54 Å². The Hall–Kier alpha value is -1.23. The SMILES string of the molecule is CC(C)CCCCNCc1cccc(OC(F)(F)F)c1. The topological polar surface area (TPSA) is 21.3 Å². The van der Waals surface area contributed by atoms with Crippen LogP contribution in [0.4, 0.5) is 13.2 Å². The third-order valence-corrected chi connectivity index (χ3v) is 2.85. The lowest BCUT2D eigenvalue weighted by Crippen LogP contribution is -2.18. The van der Waals surface area contributed by atoms with Crippen molar-refractivity contribution in [1.82, 2.24) is 5.32 Å². The molecule has 0 saturated heterocycles. The number of unbranched alkanes of at least 4 members (excludes halogenated alkanes) is 1. The van der Waals surface area contributed by atoms with Gasteiger partial charge in [-0.2, -0.15) is 0 Å². The fourth-order valence-electron chi connectivity index (χ4n) is 1.89. The summed E-state index contributed by atoms with van der Waals surface area (Å²) >= 11 is 0. The molecule has 0 saturated carbocycles. The summed E-state index contributed by atoms with van der Waals surface area (Å²) in [5.74, 6) is 0.544. The molecule has 0 aromatic heterocycles. The van der Waals surface area contributed by atoms with Gasteiger partial charge in [0.05, 0.1) is 0 Å². The second-order valence-electron chi connectivity index (χ2n) is 5.26. The zero-order valence-electron chi connectivity index (χ0n) is 12.0. The Bertz CT molecular complexity index is 391. The van der Waals surface area contributed by atoms with E-state index in [2.05, 4.69) is 23.9 Å². The monoisotopic (exact) mass is 289 g/mol. The molecule has 0 aliphatic carbocycles. The summed E-state index contributed by atoms with van der Waals surface area (Å²) in [6.07, 6.45) is -1.18. The van der Waals surface area contributed by atoms with E-state index in [1.165, 1.54) is 25.0 Å². The molecule has 0 fully saturated rings. The minimum atomic E-state index is -4.64. The van der Waals surface area contributed by atoms with Crippen LogP contribution in [0, 0.1) is 5.92 Å². The summed E-state index contributed by atoms with van der Waals surface area (Å²) < 4.78 is 40.2. The number of hydrogen-bond acceptors (Lipinski definition) is 2. The molecule has 2 nitrogen and oxygen atoms in total. The molecule has 0 unspecified atom stereocenters. The Kier molecular flexibility index (Phi) is 6.85. The highest BCUT2D eigenvalue weighted by Gasteiger charge is 2.31. The largest absolute Gasteiger partial charge is 0.573 e. The van der Waals surface area contributed by atoms with Gasteiger partial charge in [-0.15, -0.1) is 13.2 Å². The Morgan fingerprint density at radius 2 is 1.95 bits per heavy atom. The Morgan fingerprint density at radius 1 is 1.20 bits per heavy atom. The number of benzene rings is 1. The van der Waals surface area contributed by atoms with Crippen LogP contribution in [-0.4, -0.2) is 12.9 Å². The third-order valence-electron chi connectivity index (χ3n) is 2.85. The quantitative estimate of drug-likeness (QED) is 0.711. The van der Waals surface area contributed by atoms with E-state index < -0.39 is 6.36 Å². The van der Waals surface area contributed by atoms with E-state index in [0.717, 1.165) is 18.5 Å². The number of halogens is 3. The molecular weight excluding hydrogens is 267 g/mol. The van der Waals surface area contributed by atoms with Crippen LogP contribution in [0.3, 0.4) is 0 Å². The van der Waals surface area contributed by atoms with E-state index in [9.17, 15) is 13.2 Å². The number of rotatable bonds is 8. The maximum absolute atomic E-state index is 12.1. The maximum Gasteiger partial charge on any atom is 0.573 e. The van der Waals surface area contributed by atoms with Crippen LogP contribution in [-0.2, 0) is 6.54 Å². The van der Waals surface area contributed by atoms with Gasteiger partial charge in [-0.05, 0) is 36.6 Å². The lowest BCUT2D eigenvalue weighted by atomic mass is 10.1. The van der Waals surface area contributed by atoms with Crippen LogP contribution in [0.5, 0.6) is 5.75 Å². The summed E-state index contributed by atoms with van der Waals surface area (Å²) in [5, 5.41) is 3.23. The van der Waals surface area contributed by atoms with Crippen LogP contribution in [0.25, 0.3) is 0 Å². The van der Waals surface area contributed by atoms with Gasteiger partial charge in [0.25, 0.3) is 0 Å². The lowest BCUT2D eigenvalue weighted by molar-refractivity contribution is -0.274. The average molecular weight is 289 g/mol. The molecule has 0 aliphatic rings. The first-order valence-electron chi connectivity index (χ1n) is 6.92. The molecule has 20 heavy (non-hydrogen) atoms. The van der Waals surface area contributed by atoms with E-state index in [4.69, 9.17) is 0 Å². The van der Waals surface area contributed by atoms with Crippen molar-refractivity contribution in [1.29, 1.82) is 0 Å². The fourth-order valence-corrected chi connectivity index (χ4v) is 1.89. The minimum absolute atomic E-state index is 0.170. The van der Waals surface area contributed by atoms with Gasteiger partial charge in [0.2, 0.25) is 0 Å². The first-order valence-corrected chi connectivity index (χ1v) is 6.92. The molecule has 0 bridgehead atoms. The molecule has 0 spiro atoms. The fraction of sp³-hybridized carbons (Fsp3) is 0.600. The van der Waals surface area contributed by atoms with Gasteiger partial charge < -0.3 is 10.1 Å². The van der Waals surface area contributed by atoms with Gasteiger partial charge >= 0.3 is 6.36 Å². The maximum atomic E-state index is 12.1. The molecule has 1 N–H and O–H groups in total. The summed E-state index contributed by atoms with van der Waals surface area (Å²) in [6, 6.07) is 6.06. The van der Waals surface area contributed by atoms with Crippen molar-refractivity contribution in [3.8, 4) is 5.75 Å². The van der Waals surface area contributed by atoms with Gasteiger partial charge in [-0.3, -0.25) is 0 Å². The number of nitrogens with one attached hydrogen (secondary N) is 1. The van der Waals surface area contributed by atoms with Crippen LogP contribution in [0.15, 0.2) is 24.3 Å². The molecule has 0 heterocycles. The van der Waals surface area contributed by atoms with Crippen molar-refractivity contribution in [3.63, 3.8) is 0 Å². The molecule has 0 amide bonds. The van der Waals surface area contributed by atoms with Crippen molar-refractivity contribution >= 4 is 0 Å². The number of alkyl halides is 3. The lowest BCUT2D eigenvalue weighted by Gasteiger charge is -2.10. The molecule has 0 aliphatic heterocycles. The van der Waals surface area contributed by atoms with Crippen LogP contribution in [0.1, 0.15) is 38.7 Å². The Labute approximate surface area is 118 Å². The van der Waals surface area contributed by atoms with Crippen LogP contribution >= 0.6 is 0 Å². The van der Waals surface area contributed by atoms with E-state index >= 15 is 0 Å². The van der Waals surface area contributed by atoms with E-state index in [1.807, 2.05) is 0 Å². The number of ether oxygens (including phenoxy) is 1. The predicted molar refractivity (Wildman–Crippen MR) is 73.5 cm³/mol. The van der Waals surface area contributed by atoms with E-state index in [1.54, 1.807) is 12.1 Å². The first kappa shape index (κ1) is 16.8. The first-order chi connectivity index (χ1) is 9.37. The third kappa shape index (κ3) is 8.04. The highest BCUT2D eigenvalue weighted by atomic mass is 19.4. The average Bonchev–Trinajstić information content (AvgIpc) is 2.31. The Morgan fingerprint density at radius 3 is 2.60 bits per heavy atom. The van der Waals surface area contributed by atoms with Crippen molar-refractivity contribution < 1.29 is 17.9 Å². The zero-order valence-corrected chi connectivity index (χ0v) is 12.0. The molecule has 1 rings (SSSR count). The molecule has 114 valence electrons. The molecular formula is C15H22F3NO. The highest BCUT2D eigenvalue weighted by Crippen LogP contribution is 2.23. The molecule has 0 atom stereocenters. The van der Waals surface area contributed by atoms with Crippen LogP contribution < -0.4 is 10.1 Å². The zero-order chi connectivity index (χ0) is 15.0. The smallest absolute Gasteiger partial charge is 0.406 e. The van der Waals surface area contributed by atoms with Gasteiger partial charge in [0.1, 0.15) is 5.75 Å². The molecule has 5 heteroatoms. The van der Waals surface area contributed by atoms with Gasteiger partial charge in [0.15, 0.2) is 0 Å². The minimum Gasteiger partial charge on any atom is -0.406 e. The second-order valence-corrected chi connectivity index (χ2v) is 5.26. The summed E-state index contributed by atoms with van der Waals surface area (Å²) in [7, 11) is 0. The van der Waals surface area contributed by atoms with Crippen molar-refractivity contribution in [2.45, 2.75) is 46.0 Å². The molecule has 1 aromatic carbocycles. The standard InChI is InChI=1S/C15H22F3NO/c1-12(2)6-3-4-9-19-11-13-7-5-8-14(10-13)20-15(16,17)18/h5,7-8,10,12,19H,3-4,6,9,11H2,1-2H3. The predicted octanol–water partition coefficient (Wildman–Crippen LogP) is 4.50. The second kappa shape index (κ2) is 8.15. The van der Waals surface area contributed by atoms with Crippen molar-refractivity contribution in [2.24, 2.45) is 5.92 Å². The normalized spacial score (nSPS) is 11.9. The summed E-state index contributed by atoms with van der Waals surface area (Å²) in [5.41, 5.74) is 0.788. The highest BCUT2D eigenvalue weighted by molar-refractivity contribution is 5.28.